The Morgan fingerprint density at radius 3 is 2.50 bits per heavy atom. The maximum atomic E-state index is 12.7. The first kappa shape index (κ1) is 15.5. The standard InChI is InChI=1S/C19H28N2O/c1-15(21-12-6-3-7-13-21)14-20-19(22)18(17-10-11-17)16-8-4-2-5-9-16/h2,4-5,8-9,15,17-18H,3,6-7,10-14H2,1H3,(H,20,22). The maximum Gasteiger partial charge on any atom is 0.227 e. The first-order valence-corrected chi connectivity index (χ1v) is 8.82. The molecule has 3 nitrogen and oxygen atoms in total. The summed E-state index contributed by atoms with van der Waals surface area (Å²) in [6, 6.07) is 10.7. The molecule has 2 aliphatic rings. The molecule has 1 saturated heterocycles. The van der Waals surface area contributed by atoms with Crippen LogP contribution >= 0.6 is 0 Å². The summed E-state index contributed by atoms with van der Waals surface area (Å²) in [5, 5.41) is 3.22. The van der Waals surface area contributed by atoms with Crippen molar-refractivity contribution in [2.24, 2.45) is 5.92 Å². The third kappa shape index (κ3) is 3.89. The van der Waals surface area contributed by atoms with E-state index in [0.717, 1.165) is 6.54 Å². The van der Waals surface area contributed by atoms with Crippen LogP contribution in [0.4, 0.5) is 0 Å². The van der Waals surface area contributed by atoms with Crippen molar-refractivity contribution in [3.8, 4) is 0 Å². The van der Waals surface area contributed by atoms with Gasteiger partial charge in [0.15, 0.2) is 0 Å². The van der Waals surface area contributed by atoms with Crippen molar-refractivity contribution >= 4 is 5.91 Å². The van der Waals surface area contributed by atoms with E-state index < -0.39 is 0 Å². The molecule has 1 aliphatic heterocycles. The van der Waals surface area contributed by atoms with Gasteiger partial charge in [-0.05, 0) is 57.2 Å². The van der Waals surface area contributed by atoms with Gasteiger partial charge in [-0.25, -0.2) is 0 Å². The average Bonchev–Trinajstić information content (AvgIpc) is 3.39. The Balaban J connectivity index is 1.55. The van der Waals surface area contributed by atoms with Crippen LogP contribution in [0.3, 0.4) is 0 Å². The number of hydrogen-bond acceptors (Lipinski definition) is 2. The Morgan fingerprint density at radius 2 is 1.86 bits per heavy atom. The second-order valence-corrected chi connectivity index (χ2v) is 6.92. The van der Waals surface area contributed by atoms with Crippen LogP contribution in [0.15, 0.2) is 30.3 Å². The minimum Gasteiger partial charge on any atom is -0.354 e. The lowest BCUT2D eigenvalue weighted by molar-refractivity contribution is -0.123. The molecule has 3 rings (SSSR count). The molecule has 0 aromatic heterocycles. The number of likely N-dealkylation sites (tertiary alicyclic amines) is 1. The van der Waals surface area contributed by atoms with Crippen molar-refractivity contribution in [1.29, 1.82) is 0 Å². The average molecular weight is 300 g/mol. The predicted octanol–water partition coefficient (Wildman–Crippen LogP) is 3.17. The van der Waals surface area contributed by atoms with Crippen LogP contribution in [-0.2, 0) is 4.79 Å². The fraction of sp³-hybridized carbons (Fsp3) is 0.632. The van der Waals surface area contributed by atoms with Crippen LogP contribution in [-0.4, -0.2) is 36.5 Å². The van der Waals surface area contributed by atoms with E-state index in [1.807, 2.05) is 18.2 Å². The molecule has 2 fully saturated rings. The van der Waals surface area contributed by atoms with Gasteiger partial charge in [0.2, 0.25) is 5.91 Å². The van der Waals surface area contributed by atoms with Gasteiger partial charge < -0.3 is 5.32 Å². The highest BCUT2D eigenvalue weighted by atomic mass is 16.1. The fourth-order valence-corrected chi connectivity index (χ4v) is 3.57. The molecule has 3 heteroatoms. The molecule has 1 heterocycles. The Bertz CT molecular complexity index is 477. The Labute approximate surface area is 134 Å². The summed E-state index contributed by atoms with van der Waals surface area (Å²) < 4.78 is 0. The van der Waals surface area contributed by atoms with Gasteiger partial charge in [-0.1, -0.05) is 36.8 Å². The molecule has 2 atom stereocenters. The zero-order valence-electron chi connectivity index (χ0n) is 13.6. The second kappa shape index (κ2) is 7.28. The lowest BCUT2D eigenvalue weighted by Crippen LogP contribution is -2.45. The van der Waals surface area contributed by atoms with Crippen molar-refractivity contribution in [2.45, 2.75) is 51.0 Å². The van der Waals surface area contributed by atoms with Gasteiger partial charge in [-0.2, -0.15) is 0 Å². The third-order valence-corrected chi connectivity index (χ3v) is 5.12. The lowest BCUT2D eigenvalue weighted by atomic mass is 9.93. The van der Waals surface area contributed by atoms with Crippen LogP contribution in [0.25, 0.3) is 0 Å². The molecule has 1 amide bonds. The number of rotatable bonds is 6. The van der Waals surface area contributed by atoms with Crippen molar-refractivity contribution < 1.29 is 4.79 Å². The van der Waals surface area contributed by atoms with E-state index in [4.69, 9.17) is 0 Å². The van der Waals surface area contributed by atoms with E-state index >= 15 is 0 Å². The normalized spacial score (nSPS) is 22.0. The molecule has 0 bridgehead atoms. The molecule has 2 unspecified atom stereocenters. The highest BCUT2D eigenvalue weighted by Gasteiger charge is 2.37. The molecule has 1 aromatic rings. The number of amides is 1. The predicted molar refractivity (Wildman–Crippen MR) is 89.8 cm³/mol. The third-order valence-electron chi connectivity index (χ3n) is 5.12. The van der Waals surface area contributed by atoms with Crippen LogP contribution < -0.4 is 5.32 Å². The van der Waals surface area contributed by atoms with Crippen LogP contribution in [0.5, 0.6) is 0 Å². The van der Waals surface area contributed by atoms with Crippen molar-refractivity contribution in [1.82, 2.24) is 10.2 Å². The monoisotopic (exact) mass is 300 g/mol. The first-order valence-electron chi connectivity index (χ1n) is 8.82. The largest absolute Gasteiger partial charge is 0.354 e. The quantitative estimate of drug-likeness (QED) is 0.875. The topological polar surface area (TPSA) is 32.3 Å². The zero-order valence-corrected chi connectivity index (χ0v) is 13.6. The van der Waals surface area contributed by atoms with Crippen LogP contribution in [0, 0.1) is 5.92 Å². The summed E-state index contributed by atoms with van der Waals surface area (Å²) in [6.07, 6.45) is 6.33. The summed E-state index contributed by atoms with van der Waals surface area (Å²) in [5.41, 5.74) is 1.17. The second-order valence-electron chi connectivity index (χ2n) is 6.92. The molecule has 1 aliphatic carbocycles. The number of carbonyl (C=O) groups is 1. The van der Waals surface area contributed by atoms with E-state index in [1.54, 1.807) is 0 Å². The van der Waals surface area contributed by atoms with Crippen molar-refractivity contribution in [3.63, 3.8) is 0 Å². The minimum absolute atomic E-state index is 0.0507. The van der Waals surface area contributed by atoms with Gasteiger partial charge in [0, 0.05) is 12.6 Å². The van der Waals surface area contributed by atoms with E-state index in [-0.39, 0.29) is 11.8 Å². The summed E-state index contributed by atoms with van der Waals surface area (Å²) >= 11 is 0. The van der Waals surface area contributed by atoms with Gasteiger partial charge in [0.1, 0.15) is 0 Å². The Morgan fingerprint density at radius 1 is 1.18 bits per heavy atom. The zero-order chi connectivity index (χ0) is 15.4. The molecule has 1 saturated carbocycles. The van der Waals surface area contributed by atoms with Crippen molar-refractivity contribution in [2.75, 3.05) is 19.6 Å². The van der Waals surface area contributed by atoms with Crippen LogP contribution in [0.2, 0.25) is 0 Å². The number of hydrogen-bond donors (Lipinski definition) is 1. The van der Waals surface area contributed by atoms with E-state index in [2.05, 4.69) is 29.3 Å². The molecule has 120 valence electrons. The molecule has 1 N–H and O–H groups in total. The molecule has 22 heavy (non-hydrogen) atoms. The molecular weight excluding hydrogens is 272 g/mol. The highest BCUT2D eigenvalue weighted by molar-refractivity contribution is 5.84. The SMILES string of the molecule is CC(CNC(=O)C(c1ccccc1)C1CC1)N1CCCCC1. The number of nitrogens with zero attached hydrogens (tertiary/aromatic N) is 1. The van der Waals surface area contributed by atoms with Gasteiger partial charge >= 0.3 is 0 Å². The van der Waals surface area contributed by atoms with Gasteiger partial charge in [0.25, 0.3) is 0 Å². The van der Waals surface area contributed by atoms with Crippen LogP contribution in [0.1, 0.15) is 50.5 Å². The Hall–Kier alpha value is -1.35. The van der Waals surface area contributed by atoms with E-state index in [1.165, 1.54) is 50.8 Å². The first-order chi connectivity index (χ1) is 10.8. The van der Waals surface area contributed by atoms with E-state index in [0.29, 0.717) is 12.0 Å². The van der Waals surface area contributed by atoms with Gasteiger partial charge in [0.05, 0.1) is 5.92 Å². The molecule has 0 spiro atoms. The highest BCUT2D eigenvalue weighted by Crippen LogP contribution is 2.42. The lowest BCUT2D eigenvalue weighted by Gasteiger charge is -2.32. The molecular formula is C19H28N2O. The van der Waals surface area contributed by atoms with Gasteiger partial charge in [-0.3, -0.25) is 9.69 Å². The summed E-state index contributed by atoms with van der Waals surface area (Å²) in [4.78, 5) is 15.2. The summed E-state index contributed by atoms with van der Waals surface area (Å²) in [5.74, 6) is 0.819. The van der Waals surface area contributed by atoms with Gasteiger partial charge in [-0.15, -0.1) is 0 Å². The Kier molecular flexibility index (Phi) is 5.14. The summed E-state index contributed by atoms with van der Waals surface area (Å²) in [6.45, 7) is 5.37. The number of carbonyl (C=O) groups excluding carboxylic acids is 1. The van der Waals surface area contributed by atoms with E-state index in [9.17, 15) is 4.79 Å². The van der Waals surface area contributed by atoms with Crippen molar-refractivity contribution in [3.05, 3.63) is 35.9 Å². The number of benzene rings is 1. The fourth-order valence-electron chi connectivity index (χ4n) is 3.57. The molecule has 1 aromatic carbocycles. The smallest absolute Gasteiger partial charge is 0.227 e. The number of nitrogens with one attached hydrogen (secondary N) is 1. The summed E-state index contributed by atoms with van der Waals surface area (Å²) in [7, 11) is 0. The molecule has 0 radical (unpaired) electrons. The number of piperidine rings is 1. The minimum atomic E-state index is 0.0507. The maximum absolute atomic E-state index is 12.7.